The third-order valence-corrected chi connectivity index (χ3v) is 7.81. The topological polar surface area (TPSA) is 84.5 Å². The Hall–Kier alpha value is -1.59. The first kappa shape index (κ1) is 20.7. The van der Waals surface area contributed by atoms with E-state index in [-0.39, 0.29) is 30.4 Å². The molecule has 0 radical (unpaired) electrons. The predicted molar refractivity (Wildman–Crippen MR) is 109 cm³/mol. The maximum absolute atomic E-state index is 12.4. The number of esters is 1. The first-order valence-electron chi connectivity index (χ1n) is 11.7. The molecule has 6 nitrogen and oxygen atoms in total. The largest absolute Gasteiger partial charge is 0.454 e. The number of amides is 2. The lowest BCUT2D eigenvalue weighted by Gasteiger charge is -2.56. The van der Waals surface area contributed by atoms with Gasteiger partial charge in [-0.2, -0.15) is 0 Å². The number of rotatable bonds is 8. The quantitative estimate of drug-likeness (QED) is 0.609. The standard InChI is InChI=1S/C23H36N2O4/c26-20(12-23-9-17-6-18(10-23)8-19(7-17)11-23)25-14-22(28)29-15-21(27)24-13-16-4-2-1-3-5-16/h16-19H,1-15H2,(H,24,27)(H,25,26). The molecule has 5 rings (SSSR count). The Kier molecular flexibility index (Phi) is 6.45. The van der Waals surface area contributed by atoms with Gasteiger partial charge in [-0.25, -0.2) is 0 Å². The summed E-state index contributed by atoms with van der Waals surface area (Å²) in [5.74, 6) is 2.13. The maximum atomic E-state index is 12.4. The summed E-state index contributed by atoms with van der Waals surface area (Å²) in [6.45, 7) is 0.246. The summed E-state index contributed by atoms with van der Waals surface area (Å²) in [6.07, 6.45) is 14.2. The second-order valence-corrected chi connectivity index (χ2v) is 10.3. The van der Waals surface area contributed by atoms with Crippen molar-refractivity contribution in [3.05, 3.63) is 0 Å². The summed E-state index contributed by atoms with van der Waals surface area (Å²) in [6, 6.07) is 0. The van der Waals surface area contributed by atoms with Crippen LogP contribution >= 0.6 is 0 Å². The van der Waals surface area contributed by atoms with Crippen LogP contribution in [0.2, 0.25) is 0 Å². The van der Waals surface area contributed by atoms with Crippen molar-refractivity contribution in [3.8, 4) is 0 Å². The van der Waals surface area contributed by atoms with Gasteiger partial charge in [0.25, 0.3) is 5.91 Å². The van der Waals surface area contributed by atoms with E-state index in [2.05, 4.69) is 10.6 Å². The van der Waals surface area contributed by atoms with E-state index in [9.17, 15) is 14.4 Å². The first-order valence-corrected chi connectivity index (χ1v) is 11.7. The molecule has 0 aliphatic heterocycles. The third kappa shape index (κ3) is 5.52. The highest BCUT2D eigenvalue weighted by atomic mass is 16.5. The zero-order chi connectivity index (χ0) is 20.3. The van der Waals surface area contributed by atoms with E-state index in [4.69, 9.17) is 4.74 Å². The summed E-state index contributed by atoms with van der Waals surface area (Å²) >= 11 is 0. The van der Waals surface area contributed by atoms with E-state index < -0.39 is 5.97 Å². The Morgan fingerprint density at radius 3 is 2.07 bits per heavy atom. The van der Waals surface area contributed by atoms with Crippen molar-refractivity contribution in [3.63, 3.8) is 0 Å². The van der Waals surface area contributed by atoms with Crippen LogP contribution in [0.5, 0.6) is 0 Å². The Morgan fingerprint density at radius 1 is 0.828 bits per heavy atom. The van der Waals surface area contributed by atoms with E-state index in [1.807, 2.05) is 0 Å². The van der Waals surface area contributed by atoms with Crippen LogP contribution in [-0.2, 0) is 19.1 Å². The molecular weight excluding hydrogens is 368 g/mol. The average Bonchev–Trinajstić information content (AvgIpc) is 2.68. The van der Waals surface area contributed by atoms with Crippen LogP contribution < -0.4 is 10.6 Å². The van der Waals surface area contributed by atoms with Crippen molar-refractivity contribution >= 4 is 17.8 Å². The highest BCUT2D eigenvalue weighted by Crippen LogP contribution is 2.61. The minimum Gasteiger partial charge on any atom is -0.454 e. The molecule has 0 heterocycles. The fourth-order valence-electron chi connectivity index (χ4n) is 6.98. The molecule has 2 N–H and O–H groups in total. The molecule has 0 aromatic heterocycles. The van der Waals surface area contributed by atoms with Crippen LogP contribution in [0.1, 0.15) is 77.0 Å². The highest BCUT2D eigenvalue weighted by molar-refractivity contribution is 5.84. The van der Waals surface area contributed by atoms with Crippen LogP contribution in [-0.4, -0.2) is 37.5 Å². The van der Waals surface area contributed by atoms with Gasteiger partial charge in [0, 0.05) is 13.0 Å². The molecule has 0 spiro atoms. The third-order valence-electron chi connectivity index (χ3n) is 7.81. The molecular formula is C23H36N2O4. The van der Waals surface area contributed by atoms with E-state index in [0.29, 0.717) is 18.9 Å². The van der Waals surface area contributed by atoms with E-state index in [1.165, 1.54) is 57.8 Å². The summed E-state index contributed by atoms with van der Waals surface area (Å²) in [5.41, 5.74) is 0.168. The summed E-state index contributed by atoms with van der Waals surface area (Å²) in [4.78, 5) is 36.2. The summed E-state index contributed by atoms with van der Waals surface area (Å²) in [7, 11) is 0. The van der Waals surface area contributed by atoms with Crippen LogP contribution in [0.25, 0.3) is 0 Å². The van der Waals surface area contributed by atoms with Gasteiger partial charge in [-0.3, -0.25) is 14.4 Å². The number of hydrogen-bond donors (Lipinski definition) is 2. The molecule has 6 heteroatoms. The van der Waals surface area contributed by atoms with Crippen LogP contribution in [0.3, 0.4) is 0 Å². The monoisotopic (exact) mass is 404 g/mol. The Labute approximate surface area is 173 Å². The second kappa shape index (κ2) is 9.05. The molecule has 5 aliphatic rings. The summed E-state index contributed by atoms with van der Waals surface area (Å²) in [5, 5.41) is 5.57. The fourth-order valence-corrected chi connectivity index (χ4v) is 6.98. The molecule has 5 fully saturated rings. The van der Waals surface area contributed by atoms with Gasteiger partial charge < -0.3 is 15.4 Å². The number of carbonyl (C=O) groups excluding carboxylic acids is 3. The van der Waals surface area contributed by atoms with Crippen molar-refractivity contribution in [2.24, 2.45) is 29.1 Å². The molecule has 0 saturated heterocycles. The molecule has 0 aromatic rings. The van der Waals surface area contributed by atoms with Crippen molar-refractivity contribution in [2.75, 3.05) is 19.7 Å². The molecule has 0 atom stereocenters. The average molecular weight is 405 g/mol. The van der Waals surface area contributed by atoms with Gasteiger partial charge in [-0.1, -0.05) is 19.3 Å². The minimum absolute atomic E-state index is 0.0503. The van der Waals surface area contributed by atoms with E-state index in [1.54, 1.807) is 0 Å². The molecule has 162 valence electrons. The Morgan fingerprint density at radius 2 is 1.45 bits per heavy atom. The molecule has 5 aliphatic carbocycles. The van der Waals surface area contributed by atoms with Gasteiger partial charge in [0.2, 0.25) is 5.91 Å². The van der Waals surface area contributed by atoms with Gasteiger partial charge >= 0.3 is 5.97 Å². The maximum Gasteiger partial charge on any atom is 0.325 e. The van der Waals surface area contributed by atoms with E-state index >= 15 is 0 Å². The van der Waals surface area contributed by atoms with Crippen molar-refractivity contribution in [2.45, 2.75) is 77.0 Å². The minimum atomic E-state index is -0.545. The zero-order valence-electron chi connectivity index (χ0n) is 17.5. The number of ether oxygens (including phenoxy) is 1. The van der Waals surface area contributed by atoms with E-state index in [0.717, 1.165) is 30.6 Å². The SMILES string of the molecule is O=C(COC(=O)CNC(=O)CC12CC3CC(CC(C3)C1)C2)NCC1CCCCC1. The van der Waals surface area contributed by atoms with Gasteiger partial charge in [0.15, 0.2) is 6.61 Å². The van der Waals surface area contributed by atoms with Gasteiger partial charge in [0.1, 0.15) is 6.54 Å². The van der Waals surface area contributed by atoms with Crippen LogP contribution in [0, 0.1) is 29.1 Å². The predicted octanol–water partition coefficient (Wildman–Crippen LogP) is 2.95. The molecule has 2 amide bonds. The molecule has 0 unspecified atom stereocenters. The first-order chi connectivity index (χ1) is 14.0. The number of carbonyl (C=O) groups is 3. The van der Waals surface area contributed by atoms with Gasteiger partial charge in [-0.05, 0) is 80.5 Å². The van der Waals surface area contributed by atoms with Crippen molar-refractivity contribution < 1.29 is 19.1 Å². The van der Waals surface area contributed by atoms with Crippen molar-refractivity contribution in [1.82, 2.24) is 10.6 Å². The zero-order valence-corrected chi connectivity index (χ0v) is 17.5. The van der Waals surface area contributed by atoms with Crippen LogP contribution in [0.4, 0.5) is 0 Å². The number of hydrogen-bond acceptors (Lipinski definition) is 4. The fraction of sp³-hybridized carbons (Fsp3) is 0.870. The number of nitrogens with one attached hydrogen (secondary N) is 2. The summed E-state index contributed by atoms with van der Waals surface area (Å²) < 4.78 is 5.02. The lowest BCUT2D eigenvalue weighted by atomic mass is 9.49. The highest BCUT2D eigenvalue weighted by Gasteiger charge is 2.51. The lowest BCUT2D eigenvalue weighted by molar-refractivity contribution is -0.148. The second-order valence-electron chi connectivity index (χ2n) is 10.3. The molecule has 5 saturated carbocycles. The Balaban J connectivity index is 1.11. The smallest absolute Gasteiger partial charge is 0.325 e. The molecule has 4 bridgehead atoms. The Bertz CT molecular complexity index is 591. The molecule has 29 heavy (non-hydrogen) atoms. The normalized spacial score (nSPS) is 33.3. The van der Waals surface area contributed by atoms with Gasteiger partial charge in [-0.15, -0.1) is 0 Å². The molecule has 0 aromatic carbocycles. The van der Waals surface area contributed by atoms with Crippen molar-refractivity contribution in [1.29, 1.82) is 0 Å². The van der Waals surface area contributed by atoms with Crippen LogP contribution in [0.15, 0.2) is 0 Å². The lowest BCUT2D eigenvalue weighted by Crippen LogP contribution is -2.48. The van der Waals surface area contributed by atoms with Gasteiger partial charge in [0.05, 0.1) is 0 Å².